The summed E-state index contributed by atoms with van der Waals surface area (Å²) in [5.74, 6) is -6.91. The van der Waals surface area contributed by atoms with Crippen LogP contribution in [0.1, 0.15) is 15.9 Å². The average Bonchev–Trinajstić information content (AvgIpc) is 2.33. The summed E-state index contributed by atoms with van der Waals surface area (Å²) in [7, 11) is -5.91. The van der Waals surface area contributed by atoms with Gasteiger partial charge in [0.05, 0.1) is 5.56 Å². The quantitative estimate of drug-likeness (QED) is 0.479. The highest BCUT2D eigenvalue weighted by atomic mass is 32.2. The van der Waals surface area contributed by atoms with Crippen LogP contribution in [0.15, 0.2) is 18.2 Å². The van der Waals surface area contributed by atoms with Crippen LogP contribution in [0.2, 0.25) is 0 Å². The van der Waals surface area contributed by atoms with Crippen LogP contribution in [0.3, 0.4) is 0 Å². The largest absolute Gasteiger partial charge is 0.438 e. The second kappa shape index (κ2) is 6.44. The van der Waals surface area contributed by atoms with E-state index in [0.29, 0.717) is 6.07 Å². The predicted octanol–water partition coefficient (Wildman–Crippen LogP) is 3.04. The minimum Gasteiger partial charge on any atom is -0.434 e. The van der Waals surface area contributed by atoms with Crippen molar-refractivity contribution in [1.29, 1.82) is 0 Å². The lowest BCUT2D eigenvalue weighted by atomic mass is 10.0. The van der Waals surface area contributed by atoms with Gasteiger partial charge in [0.15, 0.2) is 0 Å². The van der Waals surface area contributed by atoms with Gasteiger partial charge in [0.1, 0.15) is 11.6 Å². The van der Waals surface area contributed by atoms with Gasteiger partial charge < -0.3 is 4.74 Å². The molecule has 1 aromatic rings. The SMILES string of the molecule is Cc1cccc(F)c1C(=O)OC(CS(=O)(=O)O)(C(F)(F)F)C(F)(F)F. The fourth-order valence-corrected chi connectivity index (χ4v) is 2.73. The van der Waals surface area contributed by atoms with Gasteiger partial charge in [0, 0.05) is 0 Å². The summed E-state index contributed by atoms with van der Waals surface area (Å²) < 4.78 is 125. The molecule has 0 aliphatic carbocycles. The zero-order chi connectivity index (χ0) is 19.8. The van der Waals surface area contributed by atoms with Gasteiger partial charge >= 0.3 is 23.9 Å². The van der Waals surface area contributed by atoms with Gasteiger partial charge in [0.25, 0.3) is 10.1 Å². The first kappa shape index (κ1) is 21.2. The zero-order valence-corrected chi connectivity index (χ0v) is 12.9. The van der Waals surface area contributed by atoms with Gasteiger partial charge in [-0.1, -0.05) is 12.1 Å². The summed E-state index contributed by atoms with van der Waals surface area (Å²) in [6.07, 6.45) is -13.0. The van der Waals surface area contributed by atoms with E-state index in [-0.39, 0.29) is 5.56 Å². The third-order valence-electron chi connectivity index (χ3n) is 2.99. The maximum Gasteiger partial charge on any atom is 0.438 e. The van der Waals surface area contributed by atoms with Crippen LogP contribution in [-0.4, -0.2) is 42.6 Å². The van der Waals surface area contributed by atoms with Crippen molar-refractivity contribution >= 4 is 16.1 Å². The smallest absolute Gasteiger partial charge is 0.434 e. The fraction of sp³-hybridized carbons (Fsp3) is 0.417. The lowest BCUT2D eigenvalue weighted by Crippen LogP contribution is -2.63. The molecule has 0 bridgehead atoms. The number of rotatable bonds is 4. The first-order valence-electron chi connectivity index (χ1n) is 6.09. The Labute approximate surface area is 136 Å². The highest BCUT2D eigenvalue weighted by Gasteiger charge is 2.76. The molecule has 0 saturated carbocycles. The normalized spacial score (nSPS) is 13.6. The fourth-order valence-electron chi connectivity index (χ4n) is 1.83. The molecule has 0 aliphatic heterocycles. The van der Waals surface area contributed by atoms with Crippen molar-refractivity contribution < 1.29 is 53.2 Å². The molecule has 1 N–H and O–H groups in total. The second-order valence-electron chi connectivity index (χ2n) is 4.87. The van der Waals surface area contributed by atoms with Gasteiger partial charge in [0.2, 0.25) is 0 Å². The maximum atomic E-state index is 13.6. The van der Waals surface area contributed by atoms with Crippen LogP contribution in [-0.2, 0) is 14.9 Å². The molecule has 1 aromatic carbocycles. The third kappa shape index (κ3) is 4.39. The molecular formula is C12H9F7O5S. The Morgan fingerprint density at radius 2 is 1.60 bits per heavy atom. The molecule has 0 heterocycles. The molecule has 0 aliphatic rings. The lowest BCUT2D eigenvalue weighted by Gasteiger charge is -2.35. The van der Waals surface area contributed by atoms with Crippen LogP contribution in [0.5, 0.6) is 0 Å². The van der Waals surface area contributed by atoms with Crippen LogP contribution in [0.25, 0.3) is 0 Å². The number of alkyl halides is 6. The maximum absolute atomic E-state index is 13.6. The molecule has 0 unspecified atom stereocenters. The van der Waals surface area contributed by atoms with Crippen LogP contribution >= 0.6 is 0 Å². The van der Waals surface area contributed by atoms with E-state index in [4.69, 9.17) is 4.55 Å². The molecule has 0 amide bonds. The zero-order valence-electron chi connectivity index (χ0n) is 12.1. The van der Waals surface area contributed by atoms with Crippen molar-refractivity contribution in [3.8, 4) is 0 Å². The summed E-state index contributed by atoms with van der Waals surface area (Å²) in [5.41, 5.74) is -7.18. The van der Waals surface area contributed by atoms with Crippen molar-refractivity contribution in [3.05, 3.63) is 35.1 Å². The Hall–Kier alpha value is -1.89. The predicted molar refractivity (Wildman–Crippen MR) is 67.8 cm³/mol. The van der Waals surface area contributed by atoms with E-state index in [9.17, 15) is 43.9 Å². The number of halogens is 7. The Kier molecular flexibility index (Phi) is 5.45. The number of aryl methyl sites for hydroxylation is 1. The Bertz CT molecular complexity index is 733. The third-order valence-corrected chi connectivity index (χ3v) is 3.77. The van der Waals surface area contributed by atoms with Crippen molar-refractivity contribution in [2.24, 2.45) is 0 Å². The van der Waals surface area contributed by atoms with E-state index in [1.807, 2.05) is 0 Å². The van der Waals surface area contributed by atoms with E-state index in [1.165, 1.54) is 0 Å². The number of ether oxygens (including phenoxy) is 1. The molecule has 5 nitrogen and oxygen atoms in total. The highest BCUT2D eigenvalue weighted by molar-refractivity contribution is 7.85. The molecule has 1 rings (SSSR count). The minimum absolute atomic E-state index is 0.352. The van der Waals surface area contributed by atoms with Crippen molar-refractivity contribution in [3.63, 3.8) is 0 Å². The number of hydrogen-bond donors (Lipinski definition) is 1. The standard InChI is InChI=1S/C12H9F7O5S/c1-6-3-2-4-7(13)8(6)9(20)24-10(11(14,15)16,12(17,18)19)5-25(21,22)23/h2-4H,5H2,1H3,(H,21,22,23). The van der Waals surface area contributed by atoms with Gasteiger partial charge in [-0.05, 0) is 18.6 Å². The molecule has 13 heteroatoms. The highest BCUT2D eigenvalue weighted by Crippen LogP contribution is 2.47. The first-order chi connectivity index (χ1) is 11.0. The summed E-state index contributed by atoms with van der Waals surface area (Å²) in [5, 5.41) is 0. The molecule has 25 heavy (non-hydrogen) atoms. The monoisotopic (exact) mass is 398 g/mol. The molecule has 0 fully saturated rings. The molecular weight excluding hydrogens is 389 g/mol. The van der Waals surface area contributed by atoms with Gasteiger partial charge in [-0.25, -0.2) is 9.18 Å². The lowest BCUT2D eigenvalue weighted by molar-refractivity contribution is -0.356. The van der Waals surface area contributed by atoms with E-state index >= 15 is 0 Å². The summed E-state index contributed by atoms with van der Waals surface area (Å²) in [4.78, 5) is 11.7. The van der Waals surface area contributed by atoms with E-state index in [2.05, 4.69) is 4.74 Å². The number of benzene rings is 1. The molecule has 0 spiro atoms. The van der Waals surface area contributed by atoms with E-state index in [0.717, 1.165) is 19.1 Å². The Morgan fingerprint density at radius 3 is 1.96 bits per heavy atom. The molecule has 0 radical (unpaired) electrons. The number of carbonyl (C=O) groups excluding carboxylic acids is 1. The van der Waals surface area contributed by atoms with Gasteiger partial charge in [-0.15, -0.1) is 0 Å². The van der Waals surface area contributed by atoms with Gasteiger partial charge in [-0.3, -0.25) is 4.55 Å². The Morgan fingerprint density at radius 1 is 1.12 bits per heavy atom. The van der Waals surface area contributed by atoms with Crippen molar-refractivity contribution in [1.82, 2.24) is 0 Å². The van der Waals surface area contributed by atoms with Crippen LogP contribution in [0.4, 0.5) is 30.7 Å². The van der Waals surface area contributed by atoms with E-state index in [1.54, 1.807) is 0 Å². The minimum atomic E-state index is -6.48. The number of hydrogen-bond acceptors (Lipinski definition) is 4. The van der Waals surface area contributed by atoms with Crippen molar-refractivity contribution in [2.75, 3.05) is 5.75 Å². The molecule has 0 aromatic heterocycles. The topological polar surface area (TPSA) is 80.7 Å². The second-order valence-corrected chi connectivity index (χ2v) is 6.32. The van der Waals surface area contributed by atoms with Crippen LogP contribution in [0, 0.1) is 12.7 Å². The molecule has 0 saturated heterocycles. The first-order valence-corrected chi connectivity index (χ1v) is 7.70. The van der Waals surface area contributed by atoms with Crippen LogP contribution < -0.4 is 0 Å². The number of esters is 1. The summed E-state index contributed by atoms with van der Waals surface area (Å²) >= 11 is 0. The average molecular weight is 398 g/mol. The summed E-state index contributed by atoms with van der Waals surface area (Å²) in [6.45, 7) is 1.01. The Balaban J connectivity index is 3.56. The summed E-state index contributed by atoms with van der Waals surface area (Å²) in [6, 6.07) is 2.61. The van der Waals surface area contributed by atoms with Gasteiger partial charge in [-0.2, -0.15) is 34.8 Å². The van der Waals surface area contributed by atoms with E-state index < -0.39 is 51.2 Å². The van der Waals surface area contributed by atoms with Crippen molar-refractivity contribution in [2.45, 2.75) is 24.9 Å². The molecule has 142 valence electrons. The molecule has 0 atom stereocenters. The number of carbonyl (C=O) groups is 1.